The van der Waals surface area contributed by atoms with Gasteiger partial charge in [-0.1, -0.05) is 11.6 Å². The molecule has 1 aliphatic rings. The van der Waals surface area contributed by atoms with Gasteiger partial charge < -0.3 is 0 Å². The number of hydrogen-bond donors (Lipinski definition) is 0. The summed E-state index contributed by atoms with van der Waals surface area (Å²) in [5.74, 6) is 0.441. The second kappa shape index (κ2) is 3.71. The average Bonchev–Trinajstić information content (AvgIpc) is 2.56. The first-order chi connectivity index (χ1) is 6.68. The molecule has 74 valence electrons. The Bertz CT molecular complexity index is 383. The minimum Gasteiger partial charge on any atom is -0.295 e. The summed E-state index contributed by atoms with van der Waals surface area (Å²) in [5.41, 5.74) is 0. The SMILES string of the molecule is O=C1CCCN1c1nc(Cl)ncc1Cl. The molecule has 1 aromatic heterocycles. The topological polar surface area (TPSA) is 46.1 Å². The zero-order valence-electron chi connectivity index (χ0n) is 7.20. The fourth-order valence-electron chi connectivity index (χ4n) is 1.40. The lowest BCUT2D eigenvalue weighted by Crippen LogP contribution is -2.25. The van der Waals surface area contributed by atoms with Crippen molar-refractivity contribution in [2.75, 3.05) is 11.4 Å². The van der Waals surface area contributed by atoms with Crippen LogP contribution in [0, 0.1) is 0 Å². The zero-order valence-corrected chi connectivity index (χ0v) is 8.72. The molecule has 6 heteroatoms. The summed E-state index contributed by atoms with van der Waals surface area (Å²) in [6, 6.07) is 0. The molecule has 2 rings (SSSR count). The van der Waals surface area contributed by atoms with Crippen LogP contribution >= 0.6 is 23.2 Å². The van der Waals surface area contributed by atoms with Gasteiger partial charge in [0.1, 0.15) is 5.02 Å². The highest BCUT2D eigenvalue weighted by atomic mass is 35.5. The number of anilines is 1. The number of hydrogen-bond acceptors (Lipinski definition) is 3. The van der Waals surface area contributed by atoms with Gasteiger partial charge in [-0.25, -0.2) is 4.98 Å². The van der Waals surface area contributed by atoms with Crippen LogP contribution in [0.15, 0.2) is 6.20 Å². The molecule has 0 atom stereocenters. The second-order valence-corrected chi connectivity index (χ2v) is 3.70. The molecule has 0 unspecified atom stereocenters. The van der Waals surface area contributed by atoms with Crippen molar-refractivity contribution in [3.8, 4) is 0 Å². The predicted molar refractivity (Wildman–Crippen MR) is 53.6 cm³/mol. The van der Waals surface area contributed by atoms with Crippen LogP contribution in [0.5, 0.6) is 0 Å². The van der Waals surface area contributed by atoms with E-state index in [1.54, 1.807) is 0 Å². The monoisotopic (exact) mass is 231 g/mol. The van der Waals surface area contributed by atoms with Crippen LogP contribution < -0.4 is 4.90 Å². The first kappa shape index (κ1) is 9.68. The zero-order chi connectivity index (χ0) is 10.1. The first-order valence-corrected chi connectivity index (χ1v) is 4.92. The highest BCUT2D eigenvalue weighted by Gasteiger charge is 2.25. The molecule has 0 aliphatic carbocycles. The van der Waals surface area contributed by atoms with E-state index in [9.17, 15) is 4.79 Å². The minimum atomic E-state index is 0.0293. The van der Waals surface area contributed by atoms with Crippen LogP contribution in [-0.4, -0.2) is 22.4 Å². The third-order valence-electron chi connectivity index (χ3n) is 2.03. The number of carbonyl (C=O) groups is 1. The molecule has 0 radical (unpaired) electrons. The number of carbonyl (C=O) groups excluding carboxylic acids is 1. The lowest BCUT2D eigenvalue weighted by molar-refractivity contribution is -0.117. The van der Waals surface area contributed by atoms with E-state index in [2.05, 4.69) is 9.97 Å². The van der Waals surface area contributed by atoms with E-state index in [-0.39, 0.29) is 11.2 Å². The lowest BCUT2D eigenvalue weighted by atomic mass is 10.4. The van der Waals surface area contributed by atoms with Crippen molar-refractivity contribution >= 4 is 34.9 Å². The molecule has 0 saturated carbocycles. The molecular weight excluding hydrogens is 225 g/mol. The normalized spacial score (nSPS) is 16.4. The summed E-state index contributed by atoms with van der Waals surface area (Å²) < 4.78 is 0. The van der Waals surface area contributed by atoms with E-state index < -0.39 is 0 Å². The maximum Gasteiger partial charge on any atom is 0.228 e. The van der Waals surface area contributed by atoms with Crippen molar-refractivity contribution in [2.24, 2.45) is 0 Å². The maximum atomic E-state index is 11.4. The third kappa shape index (κ3) is 1.67. The number of aromatic nitrogens is 2. The third-order valence-corrected chi connectivity index (χ3v) is 2.47. The first-order valence-electron chi connectivity index (χ1n) is 4.17. The Kier molecular flexibility index (Phi) is 2.56. The van der Waals surface area contributed by atoms with Gasteiger partial charge in [0.2, 0.25) is 11.2 Å². The molecule has 0 spiro atoms. The molecular formula is C8H7Cl2N3O. The lowest BCUT2D eigenvalue weighted by Gasteiger charge is -2.15. The van der Waals surface area contributed by atoms with Crippen LogP contribution in [-0.2, 0) is 4.79 Å². The van der Waals surface area contributed by atoms with Crippen LogP contribution in [0.25, 0.3) is 0 Å². The molecule has 1 saturated heterocycles. The standard InChI is InChI=1S/C8H7Cl2N3O/c9-5-4-11-8(10)12-7(5)13-3-1-2-6(13)14/h4H,1-3H2. The molecule has 1 aliphatic heterocycles. The Morgan fingerprint density at radius 2 is 2.21 bits per heavy atom. The van der Waals surface area contributed by atoms with Gasteiger partial charge in [0.05, 0.1) is 6.20 Å². The van der Waals surface area contributed by atoms with Gasteiger partial charge in [-0.05, 0) is 18.0 Å². The molecule has 1 amide bonds. The highest BCUT2D eigenvalue weighted by molar-refractivity contribution is 6.34. The molecule has 2 heterocycles. The van der Waals surface area contributed by atoms with Crippen LogP contribution in [0.4, 0.5) is 5.82 Å². The van der Waals surface area contributed by atoms with Gasteiger partial charge in [0.15, 0.2) is 5.82 Å². The molecule has 1 fully saturated rings. The molecule has 14 heavy (non-hydrogen) atoms. The van der Waals surface area contributed by atoms with Gasteiger partial charge in [-0.15, -0.1) is 0 Å². The number of nitrogens with zero attached hydrogens (tertiary/aromatic N) is 3. The summed E-state index contributed by atoms with van der Waals surface area (Å²) in [4.78, 5) is 20.6. The van der Waals surface area contributed by atoms with Gasteiger partial charge in [0.25, 0.3) is 0 Å². The Balaban J connectivity index is 2.39. The van der Waals surface area contributed by atoms with E-state index in [0.29, 0.717) is 23.8 Å². The van der Waals surface area contributed by atoms with E-state index in [1.807, 2.05) is 0 Å². The largest absolute Gasteiger partial charge is 0.295 e. The van der Waals surface area contributed by atoms with Crippen molar-refractivity contribution < 1.29 is 4.79 Å². The number of rotatable bonds is 1. The predicted octanol–water partition coefficient (Wildman–Crippen LogP) is 1.91. The minimum absolute atomic E-state index is 0.0293. The molecule has 0 N–H and O–H groups in total. The summed E-state index contributed by atoms with van der Waals surface area (Å²) in [7, 11) is 0. The van der Waals surface area contributed by atoms with Crippen molar-refractivity contribution in [1.82, 2.24) is 9.97 Å². The van der Waals surface area contributed by atoms with E-state index in [0.717, 1.165) is 6.42 Å². The van der Waals surface area contributed by atoms with E-state index >= 15 is 0 Å². The Labute approximate surface area is 90.9 Å². The quantitative estimate of drug-likeness (QED) is 0.694. The Morgan fingerprint density at radius 1 is 1.43 bits per heavy atom. The summed E-state index contributed by atoms with van der Waals surface area (Å²) in [6.45, 7) is 0.645. The van der Waals surface area contributed by atoms with Crippen LogP contribution in [0.1, 0.15) is 12.8 Å². The van der Waals surface area contributed by atoms with Crippen LogP contribution in [0.2, 0.25) is 10.3 Å². The number of amides is 1. The average molecular weight is 232 g/mol. The highest BCUT2D eigenvalue weighted by Crippen LogP contribution is 2.27. The molecule has 4 nitrogen and oxygen atoms in total. The maximum absolute atomic E-state index is 11.4. The van der Waals surface area contributed by atoms with Crippen molar-refractivity contribution in [3.63, 3.8) is 0 Å². The molecule has 0 bridgehead atoms. The fraction of sp³-hybridized carbons (Fsp3) is 0.375. The molecule has 0 aromatic carbocycles. The van der Waals surface area contributed by atoms with E-state index in [1.165, 1.54) is 11.1 Å². The van der Waals surface area contributed by atoms with Gasteiger partial charge >= 0.3 is 0 Å². The van der Waals surface area contributed by atoms with Crippen molar-refractivity contribution in [3.05, 3.63) is 16.5 Å². The summed E-state index contributed by atoms with van der Waals surface area (Å²) >= 11 is 11.5. The summed E-state index contributed by atoms with van der Waals surface area (Å²) in [6.07, 6.45) is 2.77. The van der Waals surface area contributed by atoms with Crippen molar-refractivity contribution in [1.29, 1.82) is 0 Å². The second-order valence-electron chi connectivity index (χ2n) is 2.96. The van der Waals surface area contributed by atoms with Gasteiger partial charge in [-0.2, -0.15) is 4.98 Å². The van der Waals surface area contributed by atoms with E-state index in [4.69, 9.17) is 23.2 Å². The summed E-state index contributed by atoms with van der Waals surface area (Å²) in [5, 5.41) is 0.453. The van der Waals surface area contributed by atoms with Crippen LogP contribution in [0.3, 0.4) is 0 Å². The Hall–Kier alpha value is -0.870. The van der Waals surface area contributed by atoms with Gasteiger partial charge in [0, 0.05) is 13.0 Å². The fourth-order valence-corrected chi connectivity index (χ4v) is 1.72. The smallest absolute Gasteiger partial charge is 0.228 e. The molecule has 1 aromatic rings. The van der Waals surface area contributed by atoms with Gasteiger partial charge in [-0.3, -0.25) is 9.69 Å². The number of halogens is 2. The van der Waals surface area contributed by atoms with Crippen molar-refractivity contribution in [2.45, 2.75) is 12.8 Å². The Morgan fingerprint density at radius 3 is 2.86 bits per heavy atom.